The van der Waals surface area contributed by atoms with Gasteiger partial charge < -0.3 is 19.5 Å². The number of hydrogen-bond donors (Lipinski definition) is 1. The van der Waals surface area contributed by atoms with Crippen LogP contribution in [0.1, 0.15) is 47.9 Å². The van der Waals surface area contributed by atoms with Crippen LogP contribution >= 0.6 is 0 Å². The van der Waals surface area contributed by atoms with Crippen LogP contribution in [0, 0.1) is 0 Å². The lowest BCUT2D eigenvalue weighted by Crippen LogP contribution is -2.27. The number of unbranched alkanes of at least 4 members (excludes halogenated alkanes) is 1. The van der Waals surface area contributed by atoms with Crippen LogP contribution < -0.4 is 4.90 Å². The van der Waals surface area contributed by atoms with Gasteiger partial charge in [-0.3, -0.25) is 0 Å². The highest BCUT2D eigenvalue weighted by molar-refractivity contribution is 6.12. The fraction of sp³-hybridized carbons (Fsp3) is 0.393. The molecule has 2 aromatic heterocycles. The average molecular weight is 474 g/mol. The van der Waals surface area contributed by atoms with E-state index >= 15 is 0 Å². The van der Waals surface area contributed by atoms with Crippen molar-refractivity contribution in [3.63, 3.8) is 0 Å². The first-order chi connectivity index (χ1) is 17.0. The minimum absolute atomic E-state index is 0.356. The summed E-state index contributed by atoms with van der Waals surface area (Å²) in [5.74, 6) is 1.32. The number of hydrogen-bond acceptors (Lipinski definition) is 6. The molecule has 0 aliphatic heterocycles. The Bertz CT molecular complexity index is 1280. The molecule has 35 heavy (non-hydrogen) atoms. The number of carbonyl (C=O) groups excluding carboxylic acids is 1. The van der Waals surface area contributed by atoms with Gasteiger partial charge in [-0.15, -0.1) is 0 Å². The molecule has 4 aromatic rings. The van der Waals surface area contributed by atoms with Crippen molar-refractivity contribution in [2.24, 2.45) is 0 Å². The van der Waals surface area contributed by atoms with E-state index < -0.39 is 0 Å². The van der Waals surface area contributed by atoms with Gasteiger partial charge in [0.1, 0.15) is 17.3 Å². The number of carbonyl (C=O) groups is 1. The minimum atomic E-state index is -0.356. The van der Waals surface area contributed by atoms with Gasteiger partial charge in [0.05, 0.1) is 18.1 Å². The monoisotopic (exact) mass is 473 g/mol. The number of H-pyrrole nitrogens is 1. The van der Waals surface area contributed by atoms with Crippen molar-refractivity contribution in [3.8, 4) is 0 Å². The number of methoxy groups -OCH3 is 1. The third kappa shape index (κ3) is 5.80. The molecule has 0 aliphatic carbocycles. The van der Waals surface area contributed by atoms with E-state index in [1.807, 2.05) is 30.3 Å². The molecule has 184 valence electrons. The maximum Gasteiger partial charge on any atom is 0.337 e. The van der Waals surface area contributed by atoms with Gasteiger partial charge in [0.15, 0.2) is 0 Å². The third-order valence-corrected chi connectivity index (χ3v) is 6.39. The van der Waals surface area contributed by atoms with Crippen LogP contribution in [0.4, 0.5) is 5.82 Å². The molecule has 2 aromatic carbocycles. The van der Waals surface area contributed by atoms with E-state index in [1.165, 1.54) is 25.5 Å². The van der Waals surface area contributed by atoms with Gasteiger partial charge in [-0.25, -0.2) is 14.8 Å². The fourth-order valence-electron chi connectivity index (χ4n) is 4.43. The summed E-state index contributed by atoms with van der Waals surface area (Å²) < 4.78 is 4.90. The molecular weight excluding hydrogens is 438 g/mol. The Morgan fingerprint density at radius 3 is 2.51 bits per heavy atom. The molecule has 0 amide bonds. The highest BCUT2D eigenvalue weighted by Crippen LogP contribution is 2.32. The first kappa shape index (κ1) is 24.7. The van der Waals surface area contributed by atoms with E-state index in [4.69, 9.17) is 14.7 Å². The van der Waals surface area contributed by atoms with E-state index in [9.17, 15) is 4.79 Å². The predicted molar refractivity (Wildman–Crippen MR) is 142 cm³/mol. The highest BCUT2D eigenvalue weighted by Gasteiger charge is 2.18. The van der Waals surface area contributed by atoms with Gasteiger partial charge in [-0.1, -0.05) is 49.7 Å². The van der Waals surface area contributed by atoms with Gasteiger partial charge in [0.25, 0.3) is 0 Å². The minimum Gasteiger partial charge on any atom is -0.465 e. The summed E-state index contributed by atoms with van der Waals surface area (Å²) in [5, 5.41) is 1.98. The first-order valence-electron chi connectivity index (χ1n) is 12.3. The number of anilines is 1. The van der Waals surface area contributed by atoms with Gasteiger partial charge in [-0.05, 0) is 50.7 Å². The third-order valence-electron chi connectivity index (χ3n) is 6.39. The summed E-state index contributed by atoms with van der Waals surface area (Å²) in [5.41, 5.74) is 3.31. The van der Waals surface area contributed by atoms with Crippen molar-refractivity contribution in [3.05, 3.63) is 65.5 Å². The van der Waals surface area contributed by atoms with Crippen molar-refractivity contribution in [2.45, 2.75) is 32.6 Å². The molecule has 7 nitrogen and oxygen atoms in total. The second-order valence-electron chi connectivity index (χ2n) is 9.16. The first-order valence-corrected chi connectivity index (χ1v) is 12.3. The van der Waals surface area contributed by atoms with Crippen molar-refractivity contribution in [2.75, 3.05) is 45.7 Å². The lowest BCUT2D eigenvalue weighted by Gasteiger charge is -2.22. The van der Waals surface area contributed by atoms with Crippen LogP contribution in [0.2, 0.25) is 0 Å². The van der Waals surface area contributed by atoms with E-state index in [0.717, 1.165) is 59.6 Å². The zero-order chi connectivity index (χ0) is 24.8. The van der Waals surface area contributed by atoms with E-state index in [0.29, 0.717) is 12.0 Å². The lowest BCUT2D eigenvalue weighted by atomic mass is 10.1. The number of ether oxygens (including phenoxy) is 1. The van der Waals surface area contributed by atoms with Crippen LogP contribution in [0.25, 0.3) is 21.9 Å². The number of nitrogens with one attached hydrogen (secondary N) is 1. The fourth-order valence-corrected chi connectivity index (χ4v) is 4.43. The molecule has 0 atom stereocenters. The normalized spacial score (nSPS) is 11.5. The summed E-state index contributed by atoms with van der Waals surface area (Å²) in [6.45, 7) is 5.29. The predicted octanol–water partition coefficient (Wildman–Crippen LogP) is 5.05. The highest BCUT2D eigenvalue weighted by atomic mass is 16.5. The molecule has 2 heterocycles. The number of esters is 1. The Kier molecular flexibility index (Phi) is 7.98. The molecule has 7 heteroatoms. The molecule has 0 aliphatic rings. The summed E-state index contributed by atoms with van der Waals surface area (Å²) in [6.07, 6.45) is 4.14. The molecule has 1 N–H and O–H groups in total. The summed E-state index contributed by atoms with van der Waals surface area (Å²) in [7, 11) is 5.68. The second kappa shape index (κ2) is 11.3. The topological polar surface area (TPSA) is 74.4 Å². The number of aromatic nitrogens is 3. The molecule has 0 fully saturated rings. The number of benzene rings is 2. The molecular formula is C28H35N5O2. The smallest absolute Gasteiger partial charge is 0.337 e. The second-order valence-corrected chi connectivity index (χ2v) is 9.16. The molecule has 4 rings (SSSR count). The zero-order valence-corrected chi connectivity index (χ0v) is 21.2. The molecule has 0 bridgehead atoms. The Morgan fingerprint density at radius 2 is 1.77 bits per heavy atom. The number of rotatable bonds is 11. The van der Waals surface area contributed by atoms with Gasteiger partial charge in [0, 0.05) is 30.9 Å². The Labute approximate surface area is 207 Å². The van der Waals surface area contributed by atoms with Crippen molar-refractivity contribution in [1.82, 2.24) is 19.9 Å². The number of fused-ring (bicyclic) bond motifs is 3. The van der Waals surface area contributed by atoms with Crippen molar-refractivity contribution >= 4 is 33.7 Å². The standard InChI is InChI=1S/C28H35N5O2/c1-5-6-15-32(2)16-10-17-33(3)27-25-22-14-13-21(28(34)35-4)19-23(22)29-26(25)30-24(31-27)18-20-11-8-7-9-12-20/h7-9,11-14,19H,5-6,10,15-18H2,1-4H3,(H,29,30,31). The maximum atomic E-state index is 12.1. The SMILES string of the molecule is CCCCN(C)CCCN(C)c1nc(Cc2ccccc2)nc2[nH]c3cc(C(=O)OC)ccc3c12. The van der Waals surface area contributed by atoms with Crippen LogP contribution in [0.15, 0.2) is 48.5 Å². The van der Waals surface area contributed by atoms with Crippen LogP contribution in [0.5, 0.6) is 0 Å². The lowest BCUT2D eigenvalue weighted by molar-refractivity contribution is 0.0601. The van der Waals surface area contributed by atoms with E-state index in [-0.39, 0.29) is 5.97 Å². The van der Waals surface area contributed by atoms with Crippen LogP contribution in [-0.2, 0) is 11.2 Å². The average Bonchev–Trinajstić information content (AvgIpc) is 3.24. The van der Waals surface area contributed by atoms with Crippen molar-refractivity contribution in [1.29, 1.82) is 0 Å². The Hall–Kier alpha value is -3.45. The summed E-state index contributed by atoms with van der Waals surface area (Å²) >= 11 is 0. The quantitative estimate of drug-likeness (QED) is 0.307. The van der Waals surface area contributed by atoms with Gasteiger partial charge in [0.2, 0.25) is 0 Å². The maximum absolute atomic E-state index is 12.1. The number of aromatic amines is 1. The van der Waals surface area contributed by atoms with E-state index in [1.54, 1.807) is 6.07 Å². The summed E-state index contributed by atoms with van der Waals surface area (Å²) in [4.78, 5) is 30.0. The molecule has 0 saturated heterocycles. The Morgan fingerprint density at radius 1 is 1.00 bits per heavy atom. The Balaban J connectivity index is 1.69. The van der Waals surface area contributed by atoms with Crippen LogP contribution in [0.3, 0.4) is 0 Å². The zero-order valence-electron chi connectivity index (χ0n) is 21.2. The molecule has 0 saturated carbocycles. The van der Waals surface area contributed by atoms with Gasteiger partial charge in [-0.2, -0.15) is 0 Å². The summed E-state index contributed by atoms with van der Waals surface area (Å²) in [6, 6.07) is 15.9. The molecule has 0 radical (unpaired) electrons. The number of nitrogens with zero attached hydrogens (tertiary/aromatic N) is 4. The van der Waals surface area contributed by atoms with Crippen LogP contribution in [-0.4, -0.2) is 66.7 Å². The molecule has 0 unspecified atom stereocenters. The van der Waals surface area contributed by atoms with E-state index in [2.05, 4.69) is 47.9 Å². The largest absolute Gasteiger partial charge is 0.465 e. The van der Waals surface area contributed by atoms with Gasteiger partial charge >= 0.3 is 5.97 Å². The molecule has 0 spiro atoms. The van der Waals surface area contributed by atoms with Crippen molar-refractivity contribution < 1.29 is 9.53 Å².